The van der Waals surface area contributed by atoms with E-state index in [-0.39, 0.29) is 0 Å². The maximum atomic E-state index is 10.7. The van der Waals surface area contributed by atoms with Gasteiger partial charge in [-0.25, -0.2) is 4.79 Å². The van der Waals surface area contributed by atoms with E-state index < -0.39 is 5.97 Å². The van der Waals surface area contributed by atoms with Crippen molar-refractivity contribution in [3.8, 4) is 0 Å². The molecule has 19 heavy (non-hydrogen) atoms. The molecule has 0 aromatic heterocycles. The highest BCUT2D eigenvalue weighted by Gasteiger charge is 2.15. The summed E-state index contributed by atoms with van der Waals surface area (Å²) in [6.45, 7) is 7.21. The number of anilines is 1. The molecule has 1 aromatic rings. The van der Waals surface area contributed by atoms with E-state index in [0.29, 0.717) is 11.1 Å². The molecule has 0 radical (unpaired) electrons. The van der Waals surface area contributed by atoms with E-state index in [1.54, 1.807) is 12.1 Å². The fraction of sp³-hybridized carbons (Fsp3) is 0.400. The lowest BCUT2D eigenvalue weighted by Crippen LogP contribution is -2.32. The molecule has 1 atom stereocenters. The molecule has 1 unspecified atom stereocenters. The van der Waals surface area contributed by atoms with Crippen LogP contribution in [0.5, 0.6) is 0 Å². The molecule has 0 aliphatic heterocycles. The van der Waals surface area contributed by atoms with Gasteiger partial charge in [-0.05, 0) is 38.5 Å². The molecule has 0 saturated carbocycles. The summed E-state index contributed by atoms with van der Waals surface area (Å²) < 4.78 is 0. The number of hydrogen-bond acceptors (Lipinski definition) is 2. The van der Waals surface area contributed by atoms with Crippen LogP contribution in [0.4, 0.5) is 5.69 Å². The van der Waals surface area contributed by atoms with Crippen LogP contribution < -0.4 is 4.90 Å². The van der Waals surface area contributed by atoms with Crippen LogP contribution in [-0.4, -0.2) is 23.7 Å². The molecule has 0 spiro atoms. The first-order chi connectivity index (χ1) is 9.01. The Balaban J connectivity index is 3.25. The lowest BCUT2D eigenvalue weighted by molar-refractivity contribution is -0.131. The van der Waals surface area contributed by atoms with E-state index in [2.05, 4.69) is 25.7 Å². The molecule has 0 amide bonds. The maximum absolute atomic E-state index is 10.7. The molecule has 0 saturated heterocycles. The van der Waals surface area contributed by atoms with Gasteiger partial charge in [0.15, 0.2) is 0 Å². The summed E-state index contributed by atoms with van der Waals surface area (Å²) >= 11 is 6.19. The first kappa shape index (κ1) is 15.6. The molecule has 0 aliphatic carbocycles. The molecule has 0 fully saturated rings. The number of hydrogen-bond donors (Lipinski definition) is 1. The van der Waals surface area contributed by atoms with Gasteiger partial charge < -0.3 is 10.0 Å². The average molecular weight is 282 g/mol. The third kappa shape index (κ3) is 4.00. The van der Waals surface area contributed by atoms with E-state index in [4.69, 9.17) is 16.7 Å². The molecule has 104 valence electrons. The Labute approximate surface area is 119 Å². The van der Waals surface area contributed by atoms with E-state index in [0.717, 1.165) is 30.3 Å². The van der Waals surface area contributed by atoms with Crippen molar-refractivity contribution in [1.29, 1.82) is 0 Å². The van der Waals surface area contributed by atoms with E-state index in [1.165, 1.54) is 0 Å². The molecule has 0 bridgehead atoms. The van der Waals surface area contributed by atoms with Gasteiger partial charge in [-0.2, -0.15) is 0 Å². The minimum Gasteiger partial charge on any atom is -0.478 e. The van der Waals surface area contributed by atoms with E-state index in [1.807, 2.05) is 12.1 Å². The summed E-state index contributed by atoms with van der Waals surface area (Å²) in [6, 6.07) is 6.02. The first-order valence-corrected chi connectivity index (χ1v) is 6.85. The Morgan fingerprint density at radius 2 is 2.16 bits per heavy atom. The number of carbonyl (C=O) groups is 1. The fourth-order valence-corrected chi connectivity index (χ4v) is 2.27. The van der Waals surface area contributed by atoms with Crippen molar-refractivity contribution in [2.24, 2.45) is 0 Å². The Morgan fingerprint density at radius 3 is 2.68 bits per heavy atom. The molecular weight excluding hydrogens is 262 g/mol. The van der Waals surface area contributed by atoms with Gasteiger partial charge in [-0.1, -0.05) is 24.6 Å². The second kappa shape index (κ2) is 7.19. The quantitative estimate of drug-likeness (QED) is 0.799. The van der Waals surface area contributed by atoms with Gasteiger partial charge in [0.1, 0.15) is 0 Å². The lowest BCUT2D eigenvalue weighted by atomic mass is 10.1. The highest BCUT2D eigenvalue weighted by atomic mass is 35.5. The lowest BCUT2D eigenvalue weighted by Gasteiger charge is -2.31. The molecule has 0 aliphatic rings. The average Bonchev–Trinajstić information content (AvgIpc) is 2.38. The van der Waals surface area contributed by atoms with Crippen LogP contribution in [0.25, 0.3) is 6.08 Å². The maximum Gasteiger partial charge on any atom is 0.328 e. The molecule has 1 rings (SSSR count). The minimum absolute atomic E-state index is 0.375. The van der Waals surface area contributed by atoms with Crippen molar-refractivity contribution in [2.75, 3.05) is 11.4 Å². The van der Waals surface area contributed by atoms with Crippen LogP contribution in [0.2, 0.25) is 5.02 Å². The minimum atomic E-state index is -0.975. The second-order valence-electron chi connectivity index (χ2n) is 4.39. The largest absolute Gasteiger partial charge is 0.478 e. The zero-order chi connectivity index (χ0) is 14.4. The number of benzene rings is 1. The van der Waals surface area contributed by atoms with Crippen LogP contribution in [0.1, 0.15) is 32.8 Å². The Bertz CT molecular complexity index is 471. The van der Waals surface area contributed by atoms with Gasteiger partial charge in [-0.15, -0.1) is 0 Å². The predicted octanol–water partition coefficient (Wildman–Crippen LogP) is 4.06. The molecule has 1 aromatic carbocycles. The van der Waals surface area contributed by atoms with Crippen molar-refractivity contribution in [3.63, 3.8) is 0 Å². The van der Waals surface area contributed by atoms with Gasteiger partial charge in [0, 0.05) is 34.9 Å². The number of carboxylic acid groups (broad SMARTS) is 1. The highest BCUT2D eigenvalue weighted by Crippen LogP contribution is 2.30. The fourth-order valence-electron chi connectivity index (χ4n) is 2.04. The number of aliphatic carboxylic acids is 1. The summed E-state index contributed by atoms with van der Waals surface area (Å²) in [4.78, 5) is 12.9. The van der Waals surface area contributed by atoms with Gasteiger partial charge in [0.25, 0.3) is 0 Å². The normalized spacial score (nSPS) is 12.6. The Morgan fingerprint density at radius 1 is 1.47 bits per heavy atom. The highest BCUT2D eigenvalue weighted by molar-refractivity contribution is 6.32. The summed E-state index contributed by atoms with van der Waals surface area (Å²) in [5, 5.41) is 9.33. The summed E-state index contributed by atoms with van der Waals surface area (Å²) in [6.07, 6.45) is 3.70. The first-order valence-electron chi connectivity index (χ1n) is 6.47. The van der Waals surface area contributed by atoms with Gasteiger partial charge in [0.2, 0.25) is 0 Å². The van der Waals surface area contributed by atoms with Crippen molar-refractivity contribution in [3.05, 3.63) is 34.9 Å². The van der Waals surface area contributed by atoms with Crippen LogP contribution in [-0.2, 0) is 4.79 Å². The van der Waals surface area contributed by atoms with Crippen molar-refractivity contribution in [1.82, 2.24) is 0 Å². The van der Waals surface area contributed by atoms with Gasteiger partial charge >= 0.3 is 5.97 Å². The van der Waals surface area contributed by atoms with Crippen molar-refractivity contribution >= 4 is 29.3 Å². The van der Waals surface area contributed by atoms with E-state index in [9.17, 15) is 4.79 Å². The van der Waals surface area contributed by atoms with Gasteiger partial charge in [0.05, 0.1) is 0 Å². The van der Waals surface area contributed by atoms with Crippen LogP contribution in [0.15, 0.2) is 24.3 Å². The second-order valence-corrected chi connectivity index (χ2v) is 4.79. The number of nitrogens with zero attached hydrogens (tertiary/aromatic N) is 1. The van der Waals surface area contributed by atoms with E-state index >= 15 is 0 Å². The van der Waals surface area contributed by atoms with Crippen molar-refractivity contribution < 1.29 is 9.90 Å². The third-order valence-corrected chi connectivity index (χ3v) is 3.53. The summed E-state index contributed by atoms with van der Waals surface area (Å²) in [7, 11) is 0. The number of carboxylic acids is 1. The standard InChI is InChI=1S/C15H20ClNO2/c1-4-11(3)17(5-2)14-8-6-7-13(16)12(14)9-10-15(18)19/h6-11H,4-5H2,1-3H3,(H,18,19)/b10-9+. The molecular formula is C15H20ClNO2. The number of halogens is 1. The SMILES string of the molecule is CCC(C)N(CC)c1cccc(Cl)c1/C=C/C(=O)O. The smallest absolute Gasteiger partial charge is 0.328 e. The zero-order valence-electron chi connectivity index (χ0n) is 11.6. The third-order valence-electron chi connectivity index (χ3n) is 3.20. The Kier molecular flexibility index (Phi) is 5.90. The molecule has 4 heteroatoms. The monoisotopic (exact) mass is 281 g/mol. The molecule has 3 nitrogen and oxygen atoms in total. The van der Waals surface area contributed by atoms with Crippen LogP contribution in [0, 0.1) is 0 Å². The predicted molar refractivity (Wildman–Crippen MR) is 80.9 cm³/mol. The van der Waals surface area contributed by atoms with Crippen molar-refractivity contribution in [2.45, 2.75) is 33.2 Å². The van der Waals surface area contributed by atoms with Crippen LogP contribution in [0.3, 0.4) is 0 Å². The van der Waals surface area contributed by atoms with Crippen LogP contribution >= 0.6 is 11.6 Å². The molecule has 0 heterocycles. The Hall–Kier alpha value is -1.48. The summed E-state index contributed by atoms with van der Waals surface area (Å²) in [5.74, 6) is -0.975. The molecule has 1 N–H and O–H groups in total. The number of rotatable bonds is 6. The van der Waals surface area contributed by atoms with Gasteiger partial charge in [-0.3, -0.25) is 0 Å². The topological polar surface area (TPSA) is 40.5 Å². The summed E-state index contributed by atoms with van der Waals surface area (Å²) in [5.41, 5.74) is 1.73. The zero-order valence-corrected chi connectivity index (χ0v) is 12.3.